The third kappa shape index (κ3) is 3.22. The van der Waals surface area contributed by atoms with Crippen molar-refractivity contribution in [1.29, 1.82) is 0 Å². The molecule has 0 saturated carbocycles. The van der Waals surface area contributed by atoms with E-state index < -0.39 is 0 Å². The molecule has 0 aliphatic rings. The van der Waals surface area contributed by atoms with Crippen LogP contribution in [-0.4, -0.2) is 17.3 Å². The number of hydrogen-bond donors (Lipinski definition) is 3. The van der Waals surface area contributed by atoms with Gasteiger partial charge in [0, 0.05) is 18.2 Å². The van der Waals surface area contributed by atoms with E-state index in [-0.39, 0.29) is 17.5 Å². The first kappa shape index (κ1) is 14.2. The molecule has 0 radical (unpaired) electrons. The van der Waals surface area contributed by atoms with Gasteiger partial charge in [-0.3, -0.25) is 0 Å². The van der Waals surface area contributed by atoms with E-state index in [1.165, 1.54) is 6.07 Å². The molecule has 0 aromatic heterocycles. The van der Waals surface area contributed by atoms with Crippen LogP contribution in [0.5, 0.6) is 17.2 Å². The molecule has 106 valence electrons. The number of hydrogen-bond acceptors (Lipinski definition) is 4. The predicted molar refractivity (Wildman–Crippen MR) is 78.0 cm³/mol. The summed E-state index contributed by atoms with van der Waals surface area (Å²) in [5, 5.41) is 22.5. The molecular weight excluding hydrogens is 254 g/mol. The Morgan fingerprint density at radius 3 is 2.65 bits per heavy atom. The SMILES string of the molecule is COc1cccc([C@H](C)NCc2cccc(O)c2O)c1. The summed E-state index contributed by atoms with van der Waals surface area (Å²) in [6.45, 7) is 2.51. The van der Waals surface area contributed by atoms with Crippen molar-refractivity contribution >= 4 is 0 Å². The second-order valence-electron chi connectivity index (χ2n) is 4.66. The first-order valence-electron chi connectivity index (χ1n) is 6.49. The van der Waals surface area contributed by atoms with Crippen molar-refractivity contribution in [3.05, 3.63) is 53.6 Å². The van der Waals surface area contributed by atoms with Crippen molar-refractivity contribution < 1.29 is 14.9 Å². The highest BCUT2D eigenvalue weighted by Gasteiger charge is 2.09. The van der Waals surface area contributed by atoms with Crippen LogP contribution in [0.1, 0.15) is 24.1 Å². The highest BCUT2D eigenvalue weighted by Crippen LogP contribution is 2.28. The summed E-state index contributed by atoms with van der Waals surface area (Å²) >= 11 is 0. The van der Waals surface area contributed by atoms with Gasteiger partial charge in [0.2, 0.25) is 0 Å². The fourth-order valence-corrected chi connectivity index (χ4v) is 2.01. The fourth-order valence-electron chi connectivity index (χ4n) is 2.01. The fraction of sp³-hybridized carbons (Fsp3) is 0.250. The second kappa shape index (κ2) is 6.30. The van der Waals surface area contributed by atoms with Crippen LogP contribution in [0.4, 0.5) is 0 Å². The Labute approximate surface area is 118 Å². The van der Waals surface area contributed by atoms with Crippen molar-refractivity contribution in [2.45, 2.75) is 19.5 Å². The van der Waals surface area contributed by atoms with Crippen molar-refractivity contribution in [3.63, 3.8) is 0 Å². The van der Waals surface area contributed by atoms with E-state index in [1.807, 2.05) is 31.2 Å². The third-order valence-electron chi connectivity index (χ3n) is 3.29. The van der Waals surface area contributed by atoms with Crippen molar-refractivity contribution in [1.82, 2.24) is 5.32 Å². The monoisotopic (exact) mass is 273 g/mol. The maximum Gasteiger partial charge on any atom is 0.161 e. The molecule has 0 heterocycles. The molecule has 2 aromatic carbocycles. The topological polar surface area (TPSA) is 61.7 Å². The molecule has 20 heavy (non-hydrogen) atoms. The quantitative estimate of drug-likeness (QED) is 0.733. The second-order valence-corrected chi connectivity index (χ2v) is 4.66. The smallest absolute Gasteiger partial charge is 0.161 e. The van der Waals surface area contributed by atoms with E-state index in [4.69, 9.17) is 4.74 Å². The molecule has 0 bridgehead atoms. The van der Waals surface area contributed by atoms with Crippen molar-refractivity contribution in [3.8, 4) is 17.2 Å². The van der Waals surface area contributed by atoms with Gasteiger partial charge in [-0.05, 0) is 30.7 Å². The van der Waals surface area contributed by atoms with Crippen LogP contribution in [0.25, 0.3) is 0 Å². The van der Waals surface area contributed by atoms with Gasteiger partial charge in [0.1, 0.15) is 5.75 Å². The summed E-state index contributed by atoms with van der Waals surface area (Å²) in [4.78, 5) is 0. The lowest BCUT2D eigenvalue weighted by atomic mass is 10.1. The van der Waals surface area contributed by atoms with Crippen LogP contribution < -0.4 is 10.1 Å². The molecule has 0 unspecified atom stereocenters. The summed E-state index contributed by atoms with van der Waals surface area (Å²) in [6.07, 6.45) is 0. The molecule has 0 aliphatic heterocycles. The highest BCUT2D eigenvalue weighted by molar-refractivity contribution is 5.44. The summed E-state index contributed by atoms with van der Waals surface area (Å²) in [6, 6.07) is 12.9. The number of methoxy groups -OCH3 is 1. The summed E-state index contributed by atoms with van der Waals surface area (Å²) in [5.74, 6) is 0.646. The zero-order chi connectivity index (χ0) is 14.5. The number of benzene rings is 2. The number of ether oxygens (including phenoxy) is 1. The Morgan fingerprint density at radius 2 is 1.90 bits per heavy atom. The van der Waals surface area contributed by atoms with E-state index in [1.54, 1.807) is 19.2 Å². The van der Waals surface area contributed by atoms with E-state index >= 15 is 0 Å². The van der Waals surface area contributed by atoms with Gasteiger partial charge in [0.25, 0.3) is 0 Å². The molecule has 0 fully saturated rings. The normalized spacial score (nSPS) is 12.1. The van der Waals surface area contributed by atoms with Crippen LogP contribution in [0.15, 0.2) is 42.5 Å². The zero-order valence-electron chi connectivity index (χ0n) is 11.6. The van der Waals surface area contributed by atoms with Gasteiger partial charge in [-0.25, -0.2) is 0 Å². The predicted octanol–water partition coefficient (Wildman–Crippen LogP) is 2.96. The lowest BCUT2D eigenvalue weighted by Crippen LogP contribution is -2.18. The molecule has 0 amide bonds. The number of rotatable bonds is 5. The Hall–Kier alpha value is -2.20. The van der Waals surface area contributed by atoms with E-state index in [9.17, 15) is 10.2 Å². The van der Waals surface area contributed by atoms with Crippen molar-refractivity contribution in [2.24, 2.45) is 0 Å². The lowest BCUT2D eigenvalue weighted by Gasteiger charge is -2.16. The van der Waals surface area contributed by atoms with Crippen LogP contribution in [-0.2, 0) is 6.54 Å². The number of phenols is 2. The minimum atomic E-state index is -0.0988. The summed E-state index contributed by atoms with van der Waals surface area (Å²) < 4.78 is 5.20. The molecule has 4 nitrogen and oxygen atoms in total. The van der Waals surface area contributed by atoms with Gasteiger partial charge in [-0.2, -0.15) is 0 Å². The molecule has 0 spiro atoms. The maximum absolute atomic E-state index is 9.75. The molecular formula is C16H19NO3. The summed E-state index contributed by atoms with van der Waals surface area (Å²) in [5.41, 5.74) is 1.77. The Kier molecular flexibility index (Phi) is 4.48. The minimum absolute atomic E-state index is 0.0714. The number of para-hydroxylation sites is 1. The minimum Gasteiger partial charge on any atom is -0.504 e. The largest absolute Gasteiger partial charge is 0.504 e. The van der Waals surface area contributed by atoms with E-state index in [0.717, 1.165) is 11.3 Å². The lowest BCUT2D eigenvalue weighted by molar-refractivity contribution is 0.396. The van der Waals surface area contributed by atoms with Crippen LogP contribution in [0.2, 0.25) is 0 Å². The molecule has 0 saturated heterocycles. The van der Waals surface area contributed by atoms with Gasteiger partial charge in [-0.15, -0.1) is 0 Å². The molecule has 1 atom stereocenters. The van der Waals surface area contributed by atoms with Crippen molar-refractivity contribution in [2.75, 3.05) is 7.11 Å². The zero-order valence-corrected chi connectivity index (χ0v) is 11.6. The van der Waals surface area contributed by atoms with Crippen LogP contribution in [0, 0.1) is 0 Å². The molecule has 3 N–H and O–H groups in total. The van der Waals surface area contributed by atoms with Gasteiger partial charge in [0.15, 0.2) is 11.5 Å². The molecule has 2 rings (SSSR count). The first-order valence-corrected chi connectivity index (χ1v) is 6.49. The van der Waals surface area contributed by atoms with E-state index in [0.29, 0.717) is 12.1 Å². The summed E-state index contributed by atoms with van der Waals surface area (Å²) in [7, 11) is 1.64. The average Bonchev–Trinajstić information content (AvgIpc) is 2.48. The number of phenolic OH excluding ortho intramolecular Hbond substituents is 2. The standard InChI is InChI=1S/C16H19NO3/c1-11(12-5-3-7-14(9-12)20-2)17-10-13-6-4-8-15(18)16(13)19/h3-9,11,17-19H,10H2,1-2H3/t11-/m0/s1. The Bertz CT molecular complexity index is 584. The van der Waals surface area contributed by atoms with Crippen LogP contribution in [0.3, 0.4) is 0 Å². The van der Waals surface area contributed by atoms with Gasteiger partial charge in [-0.1, -0.05) is 24.3 Å². The number of nitrogens with one attached hydrogen (secondary N) is 1. The highest BCUT2D eigenvalue weighted by atomic mass is 16.5. The van der Waals surface area contributed by atoms with E-state index in [2.05, 4.69) is 5.32 Å². The first-order chi connectivity index (χ1) is 9.61. The molecule has 4 heteroatoms. The van der Waals surface area contributed by atoms with Gasteiger partial charge >= 0.3 is 0 Å². The maximum atomic E-state index is 9.75. The Balaban J connectivity index is 2.04. The average molecular weight is 273 g/mol. The molecule has 0 aliphatic carbocycles. The van der Waals surface area contributed by atoms with Gasteiger partial charge < -0.3 is 20.3 Å². The Morgan fingerprint density at radius 1 is 1.15 bits per heavy atom. The van der Waals surface area contributed by atoms with Gasteiger partial charge in [0.05, 0.1) is 7.11 Å². The third-order valence-corrected chi connectivity index (χ3v) is 3.29. The molecule has 2 aromatic rings. The van der Waals surface area contributed by atoms with Crippen LogP contribution >= 0.6 is 0 Å². The number of aromatic hydroxyl groups is 2.